The minimum atomic E-state index is -0.00542. The van der Waals surface area contributed by atoms with Crippen LogP contribution in [-0.4, -0.2) is 19.0 Å². The second-order valence-electron chi connectivity index (χ2n) is 3.40. The zero-order chi connectivity index (χ0) is 10.6. The molecule has 0 aliphatic heterocycles. The Balaban J connectivity index is 2.74. The Kier molecular flexibility index (Phi) is 4.10. The summed E-state index contributed by atoms with van der Waals surface area (Å²) in [6.45, 7) is 5.19. The van der Waals surface area contributed by atoms with Gasteiger partial charge in [-0.1, -0.05) is 13.8 Å². The van der Waals surface area contributed by atoms with Gasteiger partial charge in [-0.3, -0.25) is 4.79 Å². The van der Waals surface area contributed by atoms with E-state index in [-0.39, 0.29) is 5.91 Å². The fourth-order valence-electron chi connectivity index (χ4n) is 1.22. The van der Waals surface area contributed by atoms with Crippen molar-refractivity contribution in [2.45, 2.75) is 19.8 Å². The molecule has 1 heterocycles. The zero-order valence-corrected chi connectivity index (χ0v) is 9.36. The third-order valence-electron chi connectivity index (χ3n) is 1.95. The van der Waals surface area contributed by atoms with Crippen LogP contribution in [0.1, 0.15) is 35.0 Å². The Hall–Kier alpha value is -0.870. The van der Waals surface area contributed by atoms with Crippen molar-refractivity contribution in [2.24, 2.45) is 5.73 Å². The first-order valence-electron chi connectivity index (χ1n) is 4.72. The summed E-state index contributed by atoms with van der Waals surface area (Å²) in [5, 5.41) is 4.73. The van der Waals surface area contributed by atoms with Crippen LogP contribution < -0.4 is 11.1 Å². The second-order valence-corrected chi connectivity index (χ2v) is 4.32. The molecular formula is C10H16N2OS. The van der Waals surface area contributed by atoms with Gasteiger partial charge in [-0.05, 0) is 22.9 Å². The topological polar surface area (TPSA) is 55.1 Å². The van der Waals surface area contributed by atoms with Crippen molar-refractivity contribution in [2.75, 3.05) is 13.1 Å². The van der Waals surface area contributed by atoms with E-state index in [0.29, 0.717) is 19.0 Å². The lowest BCUT2D eigenvalue weighted by Gasteiger charge is -2.06. The number of carbonyl (C=O) groups excluding carboxylic acids is 1. The number of thiophene rings is 1. The molecule has 0 aliphatic carbocycles. The van der Waals surface area contributed by atoms with Gasteiger partial charge in [0.25, 0.3) is 5.91 Å². The summed E-state index contributed by atoms with van der Waals surface area (Å²) in [5.74, 6) is 0.383. The van der Waals surface area contributed by atoms with E-state index in [9.17, 15) is 4.79 Å². The average Bonchev–Trinajstić information content (AvgIpc) is 2.62. The highest BCUT2D eigenvalue weighted by atomic mass is 32.1. The first-order chi connectivity index (χ1) is 6.66. The first kappa shape index (κ1) is 11.2. The molecule has 0 unspecified atom stereocenters. The molecule has 1 aromatic rings. The Morgan fingerprint density at radius 1 is 1.64 bits per heavy atom. The van der Waals surface area contributed by atoms with Gasteiger partial charge in [-0.2, -0.15) is 0 Å². The molecule has 3 N–H and O–H groups in total. The van der Waals surface area contributed by atoms with Gasteiger partial charge in [0.15, 0.2) is 0 Å². The van der Waals surface area contributed by atoms with Crippen LogP contribution in [0.15, 0.2) is 11.4 Å². The van der Waals surface area contributed by atoms with E-state index < -0.39 is 0 Å². The predicted octanol–water partition coefficient (Wildman–Crippen LogP) is 1.56. The van der Waals surface area contributed by atoms with Crippen LogP contribution in [0, 0.1) is 0 Å². The minimum Gasteiger partial charge on any atom is -0.350 e. The molecule has 0 aliphatic rings. The summed E-state index contributed by atoms with van der Waals surface area (Å²) in [5.41, 5.74) is 6.43. The summed E-state index contributed by atoms with van der Waals surface area (Å²) in [6, 6.07) is 2.01. The molecule has 0 atom stereocenters. The van der Waals surface area contributed by atoms with Crippen LogP contribution in [0.2, 0.25) is 0 Å². The number of amides is 1. The molecule has 0 spiro atoms. The fraction of sp³-hybridized carbons (Fsp3) is 0.500. The van der Waals surface area contributed by atoms with Gasteiger partial charge in [0.2, 0.25) is 0 Å². The molecule has 1 rings (SSSR count). The van der Waals surface area contributed by atoms with Crippen molar-refractivity contribution >= 4 is 17.2 Å². The van der Waals surface area contributed by atoms with E-state index in [2.05, 4.69) is 19.2 Å². The highest BCUT2D eigenvalue weighted by molar-refractivity contribution is 7.12. The Labute approximate surface area is 88.3 Å². The molecule has 0 bridgehead atoms. The molecule has 1 amide bonds. The fourth-order valence-corrected chi connectivity index (χ4v) is 2.19. The van der Waals surface area contributed by atoms with Gasteiger partial charge in [0.05, 0.1) is 4.88 Å². The zero-order valence-electron chi connectivity index (χ0n) is 8.54. The van der Waals surface area contributed by atoms with E-state index in [0.717, 1.165) is 10.4 Å². The SMILES string of the molecule is CC(C)c1ccsc1C(=O)NCCN. The largest absolute Gasteiger partial charge is 0.350 e. The van der Waals surface area contributed by atoms with Crippen LogP contribution in [0.25, 0.3) is 0 Å². The first-order valence-corrected chi connectivity index (χ1v) is 5.60. The Morgan fingerprint density at radius 2 is 2.36 bits per heavy atom. The molecule has 4 heteroatoms. The Bertz CT molecular complexity index is 307. The molecule has 0 radical (unpaired) electrons. The number of hydrogen-bond donors (Lipinski definition) is 2. The maximum absolute atomic E-state index is 11.6. The summed E-state index contributed by atoms with van der Waals surface area (Å²) in [6.07, 6.45) is 0. The average molecular weight is 212 g/mol. The summed E-state index contributed by atoms with van der Waals surface area (Å²) >= 11 is 1.48. The van der Waals surface area contributed by atoms with Gasteiger partial charge in [0, 0.05) is 13.1 Å². The van der Waals surface area contributed by atoms with Crippen molar-refractivity contribution < 1.29 is 4.79 Å². The Morgan fingerprint density at radius 3 is 2.93 bits per heavy atom. The summed E-state index contributed by atoms with van der Waals surface area (Å²) in [7, 11) is 0. The van der Waals surface area contributed by atoms with E-state index in [1.165, 1.54) is 11.3 Å². The quantitative estimate of drug-likeness (QED) is 0.795. The molecule has 0 aromatic carbocycles. The number of nitrogens with one attached hydrogen (secondary N) is 1. The number of carbonyl (C=O) groups is 1. The normalized spacial score (nSPS) is 10.6. The molecule has 0 saturated heterocycles. The summed E-state index contributed by atoms with van der Waals surface area (Å²) < 4.78 is 0. The van der Waals surface area contributed by atoms with Crippen molar-refractivity contribution in [3.63, 3.8) is 0 Å². The van der Waals surface area contributed by atoms with Gasteiger partial charge < -0.3 is 11.1 Å². The monoisotopic (exact) mass is 212 g/mol. The van der Waals surface area contributed by atoms with Crippen LogP contribution in [0.4, 0.5) is 0 Å². The number of hydrogen-bond acceptors (Lipinski definition) is 3. The van der Waals surface area contributed by atoms with Crippen LogP contribution in [0.3, 0.4) is 0 Å². The van der Waals surface area contributed by atoms with E-state index in [1.807, 2.05) is 11.4 Å². The lowest BCUT2D eigenvalue weighted by molar-refractivity contribution is 0.0957. The van der Waals surface area contributed by atoms with Crippen molar-refractivity contribution in [1.29, 1.82) is 0 Å². The van der Waals surface area contributed by atoms with Crippen molar-refractivity contribution in [3.05, 3.63) is 21.9 Å². The molecule has 3 nitrogen and oxygen atoms in total. The maximum atomic E-state index is 11.6. The molecule has 0 fully saturated rings. The van der Waals surface area contributed by atoms with Crippen molar-refractivity contribution in [1.82, 2.24) is 5.32 Å². The lowest BCUT2D eigenvalue weighted by atomic mass is 10.0. The van der Waals surface area contributed by atoms with Gasteiger partial charge >= 0.3 is 0 Å². The summed E-state index contributed by atoms with van der Waals surface area (Å²) in [4.78, 5) is 12.4. The third-order valence-corrected chi connectivity index (χ3v) is 2.88. The number of rotatable bonds is 4. The highest BCUT2D eigenvalue weighted by Gasteiger charge is 2.14. The van der Waals surface area contributed by atoms with Crippen molar-refractivity contribution in [3.8, 4) is 0 Å². The van der Waals surface area contributed by atoms with E-state index >= 15 is 0 Å². The second kappa shape index (κ2) is 5.12. The van der Waals surface area contributed by atoms with Crippen LogP contribution in [0.5, 0.6) is 0 Å². The number of nitrogens with two attached hydrogens (primary N) is 1. The van der Waals surface area contributed by atoms with Gasteiger partial charge in [-0.15, -0.1) is 11.3 Å². The van der Waals surface area contributed by atoms with Crippen LogP contribution in [-0.2, 0) is 0 Å². The minimum absolute atomic E-state index is 0.00542. The lowest BCUT2D eigenvalue weighted by Crippen LogP contribution is -2.29. The third kappa shape index (κ3) is 2.56. The maximum Gasteiger partial charge on any atom is 0.261 e. The predicted molar refractivity (Wildman–Crippen MR) is 59.8 cm³/mol. The molecule has 0 saturated carbocycles. The molecule has 14 heavy (non-hydrogen) atoms. The molecule has 78 valence electrons. The van der Waals surface area contributed by atoms with Gasteiger partial charge in [-0.25, -0.2) is 0 Å². The smallest absolute Gasteiger partial charge is 0.261 e. The molecular weight excluding hydrogens is 196 g/mol. The highest BCUT2D eigenvalue weighted by Crippen LogP contribution is 2.24. The van der Waals surface area contributed by atoms with Crippen LogP contribution >= 0.6 is 11.3 Å². The standard InChI is InChI=1S/C10H16N2OS/c1-7(2)8-3-6-14-9(8)10(13)12-5-4-11/h3,6-7H,4-5,11H2,1-2H3,(H,12,13). The van der Waals surface area contributed by atoms with Gasteiger partial charge in [0.1, 0.15) is 0 Å². The van der Waals surface area contributed by atoms with E-state index in [1.54, 1.807) is 0 Å². The molecule has 1 aromatic heterocycles. The van der Waals surface area contributed by atoms with E-state index in [4.69, 9.17) is 5.73 Å².